The fourth-order valence-corrected chi connectivity index (χ4v) is 3.83. The van der Waals surface area contributed by atoms with Crippen LogP contribution in [0, 0.1) is 5.92 Å². The molecule has 0 aromatic heterocycles. The topological polar surface area (TPSA) is 52.6 Å². The molecule has 1 aliphatic rings. The molecule has 4 rings (SSSR count). The van der Waals surface area contributed by atoms with Crippen LogP contribution in [0.3, 0.4) is 0 Å². The van der Waals surface area contributed by atoms with Gasteiger partial charge in [-0.05, 0) is 31.2 Å². The van der Waals surface area contributed by atoms with E-state index in [0.29, 0.717) is 22.8 Å². The monoisotopic (exact) mass is 372 g/mol. The van der Waals surface area contributed by atoms with Gasteiger partial charge < -0.3 is 9.47 Å². The fraction of sp³-hybridized carbons (Fsp3) is 0.167. The van der Waals surface area contributed by atoms with Crippen LogP contribution in [0.2, 0.25) is 0 Å². The van der Waals surface area contributed by atoms with Gasteiger partial charge in [-0.1, -0.05) is 48.5 Å². The number of carbonyl (C=O) groups is 2. The molecular weight excluding hydrogens is 352 g/mol. The molecular formula is C24H20O4. The Morgan fingerprint density at radius 3 is 2.07 bits per heavy atom. The Bertz CT molecular complexity index is 1010. The van der Waals surface area contributed by atoms with Crippen molar-refractivity contribution in [2.24, 2.45) is 5.92 Å². The zero-order valence-electron chi connectivity index (χ0n) is 15.7. The van der Waals surface area contributed by atoms with Crippen molar-refractivity contribution < 1.29 is 19.1 Å². The van der Waals surface area contributed by atoms with Gasteiger partial charge in [0.2, 0.25) is 0 Å². The lowest BCUT2D eigenvalue weighted by Crippen LogP contribution is -2.31. The van der Waals surface area contributed by atoms with Gasteiger partial charge >= 0.3 is 0 Å². The number of para-hydroxylation sites is 2. The van der Waals surface area contributed by atoms with E-state index in [2.05, 4.69) is 0 Å². The summed E-state index contributed by atoms with van der Waals surface area (Å²) in [5.74, 6) is 0.288. The number of rotatable bonds is 5. The smallest absolute Gasteiger partial charge is 0.174 e. The Hall–Kier alpha value is -3.40. The lowest BCUT2D eigenvalue weighted by Gasteiger charge is -2.32. The fourth-order valence-electron chi connectivity index (χ4n) is 3.83. The average Bonchev–Trinajstić information content (AvgIpc) is 2.73. The Morgan fingerprint density at radius 2 is 1.50 bits per heavy atom. The molecule has 1 aliphatic heterocycles. The van der Waals surface area contributed by atoms with E-state index in [4.69, 9.17) is 9.47 Å². The number of Topliss-reactive ketones (excluding diaryl/α,β-unsaturated/α-hetero) is 2. The predicted octanol–water partition coefficient (Wildman–Crippen LogP) is 5.02. The quantitative estimate of drug-likeness (QED) is 0.466. The maximum absolute atomic E-state index is 13.5. The summed E-state index contributed by atoms with van der Waals surface area (Å²) in [7, 11) is 1.55. The summed E-state index contributed by atoms with van der Waals surface area (Å²) in [4.78, 5) is 26.2. The van der Waals surface area contributed by atoms with Crippen molar-refractivity contribution in [3.8, 4) is 17.2 Å². The van der Waals surface area contributed by atoms with Gasteiger partial charge in [-0.2, -0.15) is 0 Å². The van der Waals surface area contributed by atoms with Crippen molar-refractivity contribution in [2.45, 2.75) is 12.8 Å². The lowest BCUT2D eigenvalue weighted by molar-refractivity contribution is -0.119. The van der Waals surface area contributed by atoms with Gasteiger partial charge in [0, 0.05) is 22.6 Å². The van der Waals surface area contributed by atoms with Gasteiger partial charge in [-0.3, -0.25) is 9.59 Å². The van der Waals surface area contributed by atoms with Crippen LogP contribution in [0.4, 0.5) is 0 Å². The number of methoxy groups -OCH3 is 1. The van der Waals surface area contributed by atoms with Gasteiger partial charge in [0.1, 0.15) is 23.0 Å². The Balaban J connectivity index is 1.86. The van der Waals surface area contributed by atoms with Crippen LogP contribution in [0.1, 0.15) is 34.3 Å². The summed E-state index contributed by atoms with van der Waals surface area (Å²) in [5, 5.41) is 0. The van der Waals surface area contributed by atoms with Crippen LogP contribution in [-0.4, -0.2) is 18.7 Å². The number of hydrogen-bond acceptors (Lipinski definition) is 4. The third kappa shape index (κ3) is 3.07. The molecule has 28 heavy (non-hydrogen) atoms. The van der Waals surface area contributed by atoms with Crippen LogP contribution >= 0.6 is 0 Å². The Labute approximate surface area is 163 Å². The van der Waals surface area contributed by atoms with Crippen LogP contribution in [-0.2, 0) is 4.79 Å². The highest BCUT2D eigenvalue weighted by molar-refractivity contribution is 6.11. The van der Waals surface area contributed by atoms with Crippen LogP contribution in [0.25, 0.3) is 0 Å². The molecule has 0 saturated heterocycles. The molecule has 0 bridgehead atoms. The maximum atomic E-state index is 13.5. The molecule has 0 amide bonds. The van der Waals surface area contributed by atoms with Crippen molar-refractivity contribution in [1.29, 1.82) is 0 Å². The third-order valence-corrected chi connectivity index (χ3v) is 5.14. The summed E-state index contributed by atoms with van der Waals surface area (Å²) in [5.41, 5.74) is 2.15. The van der Waals surface area contributed by atoms with Gasteiger partial charge in [-0.15, -0.1) is 0 Å². The van der Waals surface area contributed by atoms with E-state index in [1.54, 1.807) is 31.4 Å². The molecule has 1 atom stereocenters. The molecule has 1 heterocycles. The second-order valence-electron chi connectivity index (χ2n) is 6.84. The van der Waals surface area contributed by atoms with Crippen LogP contribution < -0.4 is 9.47 Å². The first kappa shape index (κ1) is 18.0. The molecule has 3 aromatic carbocycles. The molecule has 4 heteroatoms. The van der Waals surface area contributed by atoms with E-state index >= 15 is 0 Å². The van der Waals surface area contributed by atoms with Crippen molar-refractivity contribution in [2.75, 3.05) is 7.11 Å². The standard InChI is InChI=1S/C24H20O4/c1-15(25)22(24(26)16-8-7-9-17(14-16)27-2)23-18-10-3-5-12-20(18)28-21-13-6-4-11-19(21)23/h3-14,22-23H,1-2H3/t22-/m0/s1. The highest BCUT2D eigenvalue weighted by Gasteiger charge is 2.40. The number of ether oxygens (including phenoxy) is 2. The molecule has 0 radical (unpaired) electrons. The second-order valence-corrected chi connectivity index (χ2v) is 6.84. The highest BCUT2D eigenvalue weighted by atomic mass is 16.5. The number of fused-ring (bicyclic) bond motifs is 2. The number of hydrogen-bond donors (Lipinski definition) is 0. The minimum atomic E-state index is -0.849. The summed E-state index contributed by atoms with van der Waals surface area (Å²) >= 11 is 0. The molecule has 0 aliphatic carbocycles. The van der Waals surface area contributed by atoms with E-state index in [-0.39, 0.29) is 11.6 Å². The lowest BCUT2D eigenvalue weighted by atomic mass is 9.74. The number of benzene rings is 3. The molecule has 0 unspecified atom stereocenters. The van der Waals surface area contributed by atoms with E-state index in [1.807, 2.05) is 48.5 Å². The zero-order chi connectivity index (χ0) is 19.7. The molecule has 0 fully saturated rings. The van der Waals surface area contributed by atoms with Crippen molar-refractivity contribution >= 4 is 11.6 Å². The zero-order valence-corrected chi connectivity index (χ0v) is 15.7. The molecule has 0 saturated carbocycles. The molecule has 140 valence electrons. The molecule has 0 spiro atoms. The first-order valence-electron chi connectivity index (χ1n) is 9.14. The van der Waals surface area contributed by atoms with Crippen molar-refractivity contribution in [3.05, 3.63) is 89.5 Å². The first-order chi connectivity index (χ1) is 13.6. The predicted molar refractivity (Wildman–Crippen MR) is 106 cm³/mol. The number of ketones is 2. The minimum Gasteiger partial charge on any atom is -0.497 e. The summed E-state index contributed by atoms with van der Waals surface area (Å²) in [6.07, 6.45) is 0. The second kappa shape index (κ2) is 7.31. The van der Waals surface area contributed by atoms with E-state index in [1.165, 1.54) is 6.92 Å². The van der Waals surface area contributed by atoms with Gasteiger partial charge in [0.15, 0.2) is 5.78 Å². The van der Waals surface area contributed by atoms with Gasteiger partial charge in [-0.25, -0.2) is 0 Å². The van der Waals surface area contributed by atoms with Crippen LogP contribution in [0.15, 0.2) is 72.8 Å². The number of carbonyl (C=O) groups excluding carboxylic acids is 2. The SMILES string of the molecule is COc1cccc(C(=O)[C@@H](C(C)=O)C2c3ccccc3Oc3ccccc32)c1. The van der Waals surface area contributed by atoms with Gasteiger partial charge in [0.05, 0.1) is 13.0 Å². The van der Waals surface area contributed by atoms with Gasteiger partial charge in [0.25, 0.3) is 0 Å². The summed E-state index contributed by atoms with van der Waals surface area (Å²) < 4.78 is 11.3. The maximum Gasteiger partial charge on any atom is 0.174 e. The van der Waals surface area contributed by atoms with Crippen LogP contribution in [0.5, 0.6) is 17.2 Å². The summed E-state index contributed by atoms with van der Waals surface area (Å²) in [6, 6.07) is 22.1. The van der Waals surface area contributed by atoms with Crippen molar-refractivity contribution in [3.63, 3.8) is 0 Å². The van der Waals surface area contributed by atoms with E-state index in [0.717, 1.165) is 11.1 Å². The van der Waals surface area contributed by atoms with Crippen molar-refractivity contribution in [1.82, 2.24) is 0 Å². The molecule has 0 N–H and O–H groups in total. The summed E-state index contributed by atoms with van der Waals surface area (Å²) in [6.45, 7) is 1.48. The minimum absolute atomic E-state index is 0.177. The Morgan fingerprint density at radius 1 is 0.893 bits per heavy atom. The third-order valence-electron chi connectivity index (χ3n) is 5.14. The highest BCUT2D eigenvalue weighted by Crippen LogP contribution is 2.48. The average molecular weight is 372 g/mol. The normalized spacial score (nSPS) is 13.6. The largest absolute Gasteiger partial charge is 0.497 e. The Kier molecular flexibility index (Phi) is 4.70. The molecule has 3 aromatic rings. The first-order valence-corrected chi connectivity index (χ1v) is 9.14. The van der Waals surface area contributed by atoms with E-state index < -0.39 is 11.8 Å². The molecule has 4 nitrogen and oxygen atoms in total. The van der Waals surface area contributed by atoms with E-state index in [9.17, 15) is 9.59 Å².